The van der Waals surface area contributed by atoms with Crippen molar-refractivity contribution in [2.24, 2.45) is 11.8 Å². The summed E-state index contributed by atoms with van der Waals surface area (Å²) in [6.07, 6.45) is 5.60. The lowest BCUT2D eigenvalue weighted by Crippen LogP contribution is -3.13. The molecule has 0 spiro atoms. The Labute approximate surface area is 160 Å². The van der Waals surface area contributed by atoms with Gasteiger partial charge in [-0.2, -0.15) is 0 Å². The average molecular weight is 375 g/mol. The number of thiocarbonyl (C=S) groups is 1. The molecule has 2 N–H and O–H groups in total. The Kier molecular flexibility index (Phi) is 4.41. The highest BCUT2D eigenvalue weighted by Gasteiger charge is 2.40. The summed E-state index contributed by atoms with van der Waals surface area (Å²) in [5.41, 5.74) is 1.32. The van der Waals surface area contributed by atoms with Gasteiger partial charge in [-0.1, -0.05) is 6.42 Å². The second-order valence-corrected chi connectivity index (χ2v) is 8.72. The molecular weight excluding hydrogens is 346 g/mol. The van der Waals surface area contributed by atoms with E-state index in [0.29, 0.717) is 12.8 Å². The van der Waals surface area contributed by atoms with E-state index in [1.54, 1.807) is 4.90 Å². The minimum Gasteiger partial charge on any atom is -0.454 e. The Hall–Kier alpha value is -1.53. The molecule has 1 aromatic rings. The molecule has 140 valence electrons. The molecular formula is C20H28N3O2S+. The van der Waals surface area contributed by atoms with Crippen LogP contribution in [-0.4, -0.2) is 49.0 Å². The number of rotatable bonds is 3. The zero-order valence-electron chi connectivity index (χ0n) is 15.2. The Morgan fingerprint density at radius 2 is 2.00 bits per heavy atom. The largest absolute Gasteiger partial charge is 0.454 e. The second-order valence-electron chi connectivity index (χ2n) is 8.33. The minimum absolute atomic E-state index is 0.345. The van der Waals surface area contributed by atoms with Gasteiger partial charge >= 0.3 is 0 Å². The molecule has 1 aromatic carbocycles. The van der Waals surface area contributed by atoms with Crippen molar-refractivity contribution in [3.63, 3.8) is 0 Å². The van der Waals surface area contributed by atoms with Crippen molar-refractivity contribution in [3.8, 4) is 11.5 Å². The Morgan fingerprint density at radius 1 is 1.15 bits per heavy atom. The number of benzene rings is 1. The van der Waals surface area contributed by atoms with E-state index in [1.807, 2.05) is 6.07 Å². The fraction of sp³-hybridized carbons (Fsp3) is 0.650. The number of nitrogens with one attached hydrogen (secondary N) is 2. The Balaban J connectivity index is 1.11. The third kappa shape index (κ3) is 3.25. The second kappa shape index (κ2) is 6.89. The fourth-order valence-corrected chi connectivity index (χ4v) is 5.55. The van der Waals surface area contributed by atoms with Gasteiger partial charge in [-0.25, -0.2) is 0 Å². The van der Waals surface area contributed by atoms with Gasteiger partial charge in [0.15, 0.2) is 16.6 Å². The van der Waals surface area contributed by atoms with Crippen LogP contribution in [0.15, 0.2) is 18.2 Å². The number of nitrogens with zero attached hydrogens (tertiary/aromatic N) is 1. The van der Waals surface area contributed by atoms with Crippen LogP contribution in [-0.2, 0) is 6.54 Å². The van der Waals surface area contributed by atoms with Gasteiger partial charge in [0.1, 0.15) is 6.54 Å². The molecule has 0 aromatic heterocycles. The lowest BCUT2D eigenvalue weighted by atomic mass is 9.95. The van der Waals surface area contributed by atoms with E-state index in [2.05, 4.69) is 22.3 Å². The molecule has 4 aliphatic rings. The summed E-state index contributed by atoms with van der Waals surface area (Å²) in [6.45, 7) is 5.74. The minimum atomic E-state index is 0.345. The zero-order valence-corrected chi connectivity index (χ0v) is 16.0. The maximum absolute atomic E-state index is 5.72. The van der Waals surface area contributed by atoms with Crippen LogP contribution in [0.5, 0.6) is 11.5 Å². The van der Waals surface area contributed by atoms with Gasteiger partial charge in [-0.3, -0.25) is 0 Å². The van der Waals surface area contributed by atoms with Gasteiger partial charge in [0.25, 0.3) is 0 Å². The summed E-state index contributed by atoms with van der Waals surface area (Å²) in [5.74, 6) is 3.58. The molecule has 6 heteroatoms. The highest BCUT2D eigenvalue weighted by Crippen LogP contribution is 2.44. The van der Waals surface area contributed by atoms with Crippen molar-refractivity contribution in [1.82, 2.24) is 10.2 Å². The molecule has 3 fully saturated rings. The molecule has 5 nitrogen and oxygen atoms in total. The van der Waals surface area contributed by atoms with Crippen LogP contribution in [0.3, 0.4) is 0 Å². The molecule has 0 amide bonds. The number of ether oxygens (including phenoxy) is 2. The summed E-state index contributed by atoms with van der Waals surface area (Å²) < 4.78 is 10.9. The molecule has 2 saturated carbocycles. The summed E-state index contributed by atoms with van der Waals surface area (Å²) in [4.78, 5) is 3.99. The van der Waals surface area contributed by atoms with Crippen LogP contribution in [0.25, 0.3) is 0 Å². The van der Waals surface area contributed by atoms with Gasteiger partial charge in [0, 0.05) is 11.6 Å². The zero-order chi connectivity index (χ0) is 17.5. The molecule has 2 aliphatic carbocycles. The highest BCUT2D eigenvalue weighted by atomic mass is 32.1. The number of quaternary nitrogens is 1. The van der Waals surface area contributed by atoms with Crippen molar-refractivity contribution < 1.29 is 14.4 Å². The number of hydrogen-bond donors (Lipinski definition) is 2. The van der Waals surface area contributed by atoms with Crippen LogP contribution < -0.4 is 19.7 Å². The fourth-order valence-electron chi connectivity index (χ4n) is 5.21. The van der Waals surface area contributed by atoms with Crippen molar-refractivity contribution in [1.29, 1.82) is 0 Å². The molecule has 2 bridgehead atoms. The van der Waals surface area contributed by atoms with Crippen molar-refractivity contribution in [3.05, 3.63) is 23.8 Å². The van der Waals surface area contributed by atoms with E-state index in [0.717, 1.165) is 61.2 Å². The quantitative estimate of drug-likeness (QED) is 0.778. The van der Waals surface area contributed by atoms with E-state index in [4.69, 9.17) is 21.7 Å². The molecule has 5 rings (SSSR count). The van der Waals surface area contributed by atoms with Crippen molar-refractivity contribution in [2.45, 2.75) is 38.3 Å². The average Bonchev–Trinajstić information content (AvgIpc) is 3.38. The first-order valence-electron chi connectivity index (χ1n) is 10.0. The molecule has 2 aliphatic heterocycles. The third-order valence-corrected chi connectivity index (χ3v) is 7.07. The standard InChI is InChI=1S/C20H27N3O2S/c26-20(21-17-10-14-1-3-16(17)9-14)23-7-5-22(6-8-23)12-15-2-4-18-19(11-15)25-13-24-18/h2,4,11,14,16-17H,1,3,5-10,12-13H2,(H,21,26)/p+1/t14-,16+,17+/m0/s1. The number of fused-ring (bicyclic) bond motifs is 3. The van der Waals surface area contributed by atoms with Gasteiger partial charge in [-0.15, -0.1) is 0 Å². The first-order chi connectivity index (χ1) is 12.7. The number of piperazine rings is 1. The Bertz CT molecular complexity index is 690. The van der Waals surface area contributed by atoms with Crippen LogP contribution >= 0.6 is 12.2 Å². The summed E-state index contributed by atoms with van der Waals surface area (Å²) in [6, 6.07) is 6.96. The van der Waals surface area contributed by atoms with E-state index in [-0.39, 0.29) is 0 Å². The van der Waals surface area contributed by atoms with Crippen LogP contribution in [0, 0.1) is 11.8 Å². The van der Waals surface area contributed by atoms with Gasteiger partial charge in [-0.05, 0) is 61.5 Å². The summed E-state index contributed by atoms with van der Waals surface area (Å²) in [7, 11) is 0. The van der Waals surface area contributed by atoms with Crippen LogP contribution in [0.1, 0.15) is 31.2 Å². The van der Waals surface area contributed by atoms with Crippen LogP contribution in [0.4, 0.5) is 0 Å². The SMILES string of the molecule is S=C(N[C@@H]1C[C@H]2CC[C@@H]1C2)N1CC[NH+](Cc2ccc3c(c2)OCO3)CC1. The van der Waals surface area contributed by atoms with Crippen LogP contribution in [0.2, 0.25) is 0 Å². The molecule has 3 atom stereocenters. The predicted octanol–water partition coefficient (Wildman–Crippen LogP) is 1.18. The summed E-state index contributed by atoms with van der Waals surface area (Å²) in [5, 5.41) is 4.68. The highest BCUT2D eigenvalue weighted by molar-refractivity contribution is 7.80. The lowest BCUT2D eigenvalue weighted by Gasteiger charge is -2.36. The lowest BCUT2D eigenvalue weighted by molar-refractivity contribution is -0.917. The molecule has 2 heterocycles. The van der Waals surface area contributed by atoms with E-state index >= 15 is 0 Å². The maximum Gasteiger partial charge on any atom is 0.231 e. The van der Waals surface area contributed by atoms with Gasteiger partial charge in [0.2, 0.25) is 6.79 Å². The van der Waals surface area contributed by atoms with Gasteiger partial charge < -0.3 is 24.6 Å². The maximum atomic E-state index is 5.72. The van der Waals surface area contributed by atoms with E-state index in [9.17, 15) is 0 Å². The topological polar surface area (TPSA) is 38.2 Å². The van der Waals surface area contributed by atoms with Gasteiger partial charge in [0.05, 0.1) is 26.2 Å². The first-order valence-corrected chi connectivity index (χ1v) is 10.4. The molecule has 0 radical (unpaired) electrons. The third-order valence-electron chi connectivity index (χ3n) is 6.70. The number of hydrogen-bond acceptors (Lipinski definition) is 3. The molecule has 1 saturated heterocycles. The first kappa shape index (κ1) is 16.6. The smallest absolute Gasteiger partial charge is 0.231 e. The monoisotopic (exact) mass is 374 g/mol. The van der Waals surface area contributed by atoms with Crippen molar-refractivity contribution in [2.75, 3.05) is 33.0 Å². The molecule has 0 unspecified atom stereocenters. The van der Waals surface area contributed by atoms with E-state index in [1.165, 1.54) is 31.2 Å². The normalized spacial score (nSPS) is 30.0. The predicted molar refractivity (Wildman–Crippen MR) is 104 cm³/mol. The van der Waals surface area contributed by atoms with Crippen molar-refractivity contribution >= 4 is 17.3 Å². The Morgan fingerprint density at radius 3 is 2.77 bits per heavy atom. The molecule has 26 heavy (non-hydrogen) atoms. The summed E-state index contributed by atoms with van der Waals surface area (Å²) >= 11 is 5.72. The van der Waals surface area contributed by atoms with E-state index < -0.39 is 0 Å².